The number of hydrogen-bond donors (Lipinski definition) is 1. The van der Waals surface area contributed by atoms with Crippen LogP contribution in [0.3, 0.4) is 0 Å². The van der Waals surface area contributed by atoms with Gasteiger partial charge in [-0.05, 0) is 38.4 Å². The Morgan fingerprint density at radius 1 is 1.33 bits per heavy atom. The first-order chi connectivity index (χ1) is 15.8. The van der Waals surface area contributed by atoms with E-state index in [0.717, 1.165) is 31.6 Å². The van der Waals surface area contributed by atoms with Crippen molar-refractivity contribution in [2.75, 3.05) is 25.9 Å². The lowest BCUT2D eigenvalue weighted by atomic mass is 9.84. The molecule has 2 atom stereocenters. The van der Waals surface area contributed by atoms with Crippen LogP contribution in [0.4, 0.5) is 13.9 Å². The molecule has 0 radical (unpaired) electrons. The molecule has 1 saturated heterocycles. The zero-order valence-electron chi connectivity index (χ0n) is 20.3. The molecule has 2 aromatic rings. The summed E-state index contributed by atoms with van der Waals surface area (Å²) in [6.45, 7) is 10.1. The van der Waals surface area contributed by atoms with Gasteiger partial charge in [0.05, 0.1) is 0 Å². The number of aromatic nitrogens is 3. The average molecular weight is 483 g/mol. The number of aldehydes is 1. The van der Waals surface area contributed by atoms with Crippen LogP contribution >= 0.6 is 11.3 Å². The molecule has 0 aliphatic carbocycles. The minimum Gasteiger partial charge on any atom is -0.375 e. The number of alkyl halides is 2. The third kappa shape index (κ3) is 8.77. The summed E-state index contributed by atoms with van der Waals surface area (Å²) in [5.74, 6) is 0.660. The number of nitrogen functional groups attached to an aromatic ring is 1. The highest BCUT2D eigenvalue weighted by Gasteiger charge is 2.28. The number of nitrogens with zero attached hydrogens (tertiary/aromatic N) is 5. The van der Waals surface area contributed by atoms with E-state index in [0.29, 0.717) is 28.6 Å². The average Bonchev–Trinajstić information content (AvgIpc) is 3.24. The van der Waals surface area contributed by atoms with Crippen molar-refractivity contribution in [3.8, 4) is 0 Å². The second-order valence-corrected chi connectivity index (χ2v) is 8.44. The summed E-state index contributed by atoms with van der Waals surface area (Å²) in [5, 5.41) is 2.05. The van der Waals surface area contributed by atoms with Crippen molar-refractivity contribution in [2.45, 2.75) is 52.9 Å². The zero-order chi connectivity index (χ0) is 25.0. The van der Waals surface area contributed by atoms with Gasteiger partial charge in [-0.1, -0.05) is 33.8 Å². The monoisotopic (exact) mass is 482 g/mol. The molecule has 1 fully saturated rings. The summed E-state index contributed by atoms with van der Waals surface area (Å²) in [6, 6.07) is 1.55. The first-order valence-corrected chi connectivity index (χ1v) is 12.0. The fraction of sp³-hybridized carbons (Fsp3) is 0.565. The number of thiazole rings is 1. The van der Waals surface area contributed by atoms with Crippen LogP contribution in [0.5, 0.6) is 0 Å². The Morgan fingerprint density at radius 3 is 2.55 bits per heavy atom. The van der Waals surface area contributed by atoms with Gasteiger partial charge in [0.1, 0.15) is 11.4 Å². The molecular weight excluding hydrogens is 446 g/mol. The Labute approximate surface area is 199 Å². The number of likely N-dealkylation sites (tertiary alicyclic amines) is 1. The lowest BCUT2D eigenvalue weighted by Crippen LogP contribution is -2.38. The highest BCUT2D eigenvalue weighted by molar-refractivity contribution is 7.13. The molecule has 184 valence electrons. The molecule has 1 aliphatic rings. The number of anilines is 1. The number of rotatable bonds is 5. The molecule has 1 aliphatic heterocycles. The van der Waals surface area contributed by atoms with E-state index < -0.39 is 6.43 Å². The second-order valence-electron chi connectivity index (χ2n) is 7.55. The highest BCUT2D eigenvalue weighted by atomic mass is 32.1. The van der Waals surface area contributed by atoms with E-state index in [9.17, 15) is 13.6 Å². The third-order valence-electron chi connectivity index (χ3n) is 5.17. The Hall–Kier alpha value is -2.46. The molecule has 0 amide bonds. The molecule has 7 nitrogen and oxygen atoms in total. The van der Waals surface area contributed by atoms with Crippen LogP contribution < -0.4 is 11.4 Å². The molecule has 2 unspecified atom stereocenters. The maximum absolute atomic E-state index is 13.2. The molecule has 10 heteroatoms. The van der Waals surface area contributed by atoms with Gasteiger partial charge in [-0.25, -0.2) is 23.7 Å². The minimum absolute atomic E-state index is 0.192. The quantitative estimate of drug-likeness (QED) is 0.618. The molecule has 0 aromatic carbocycles. The lowest BCUT2D eigenvalue weighted by molar-refractivity contribution is 0.111. The van der Waals surface area contributed by atoms with Crippen LogP contribution in [0.2, 0.25) is 0 Å². The van der Waals surface area contributed by atoms with Crippen LogP contribution in [0.1, 0.15) is 74.8 Å². The van der Waals surface area contributed by atoms with E-state index in [1.54, 1.807) is 17.6 Å². The molecule has 2 N–H and O–H groups in total. The van der Waals surface area contributed by atoms with Gasteiger partial charge in [0.2, 0.25) is 5.62 Å². The first kappa shape index (κ1) is 28.6. The van der Waals surface area contributed by atoms with E-state index >= 15 is 0 Å². The van der Waals surface area contributed by atoms with E-state index in [-0.39, 0.29) is 11.6 Å². The number of allylic oxidation sites excluding steroid dienone is 1. The van der Waals surface area contributed by atoms with Crippen molar-refractivity contribution in [1.82, 2.24) is 19.4 Å². The Bertz CT molecular complexity index is 957. The highest BCUT2D eigenvalue weighted by Crippen LogP contribution is 2.32. The summed E-state index contributed by atoms with van der Waals surface area (Å²) in [7, 11) is 3.93. The van der Waals surface area contributed by atoms with Gasteiger partial charge in [-0.2, -0.15) is 0 Å². The van der Waals surface area contributed by atoms with E-state index in [2.05, 4.69) is 33.8 Å². The normalized spacial score (nSPS) is 19.1. The number of carbonyl (C=O) groups is 1. The Morgan fingerprint density at radius 2 is 2.03 bits per heavy atom. The molecule has 0 bridgehead atoms. The van der Waals surface area contributed by atoms with Crippen molar-refractivity contribution in [2.24, 2.45) is 18.0 Å². The second kappa shape index (κ2) is 14.6. The van der Waals surface area contributed by atoms with Gasteiger partial charge < -0.3 is 15.2 Å². The zero-order valence-corrected chi connectivity index (χ0v) is 21.1. The van der Waals surface area contributed by atoms with Gasteiger partial charge in [-0.15, -0.1) is 11.3 Å². The summed E-state index contributed by atoms with van der Waals surface area (Å²) in [5.41, 5.74) is 6.64. The van der Waals surface area contributed by atoms with Crippen molar-refractivity contribution in [1.29, 1.82) is 0 Å². The topological polar surface area (TPSA) is 89.4 Å². The molecular formula is C23H36F2N6OS. The lowest BCUT2D eigenvalue weighted by Gasteiger charge is -2.36. The number of hydrogen-bond acceptors (Lipinski definition) is 7. The van der Waals surface area contributed by atoms with E-state index in [1.807, 2.05) is 38.5 Å². The van der Waals surface area contributed by atoms with E-state index in [1.165, 1.54) is 11.3 Å². The number of carbonyl (C=O) groups excluding carboxylic acids is 1. The SMILES string of the molecule is CC.CC/C=C/N=c1nc(C(F)F)cc(C2CN(C)CCC2C)n1C.Nc1nc(C=O)cs1. The van der Waals surface area contributed by atoms with Gasteiger partial charge in [0, 0.05) is 36.8 Å². The fourth-order valence-electron chi connectivity index (χ4n) is 3.37. The molecule has 3 heterocycles. The van der Waals surface area contributed by atoms with Crippen molar-refractivity contribution in [3.05, 3.63) is 46.4 Å². The van der Waals surface area contributed by atoms with Gasteiger partial charge in [0.25, 0.3) is 6.43 Å². The standard InChI is InChI=1S/C17H26F2N4.C4H4N2OS.C2H6/c1-5-6-8-20-17-21-14(16(18)19)10-15(23(17)4)13-11-22(3)9-7-12(13)2;5-4-6-3(1-7)2-8-4;1-2/h6,8,10,12-13,16H,5,7,9,11H2,1-4H3;1-2H,(H2,5,6);1-2H3/b8-6+,20-17?;;. The largest absolute Gasteiger partial charge is 0.375 e. The maximum Gasteiger partial charge on any atom is 0.280 e. The maximum atomic E-state index is 13.2. The van der Waals surface area contributed by atoms with Crippen LogP contribution in [0.15, 0.2) is 28.7 Å². The predicted molar refractivity (Wildman–Crippen MR) is 130 cm³/mol. The van der Waals surface area contributed by atoms with Crippen molar-refractivity contribution in [3.63, 3.8) is 0 Å². The van der Waals surface area contributed by atoms with Crippen LogP contribution in [0, 0.1) is 5.92 Å². The third-order valence-corrected chi connectivity index (χ3v) is 5.86. The number of halogens is 2. The molecule has 2 aromatic heterocycles. The fourth-order valence-corrected chi connectivity index (χ4v) is 3.87. The van der Waals surface area contributed by atoms with Gasteiger partial charge in [-0.3, -0.25) is 4.79 Å². The van der Waals surface area contributed by atoms with Crippen LogP contribution in [0.25, 0.3) is 0 Å². The van der Waals surface area contributed by atoms with Crippen molar-refractivity contribution < 1.29 is 13.6 Å². The summed E-state index contributed by atoms with van der Waals surface area (Å²) >= 11 is 1.26. The van der Waals surface area contributed by atoms with Crippen LogP contribution in [-0.2, 0) is 7.05 Å². The van der Waals surface area contributed by atoms with Gasteiger partial charge >= 0.3 is 0 Å². The smallest absolute Gasteiger partial charge is 0.280 e. The summed E-state index contributed by atoms with van der Waals surface area (Å²) in [6.07, 6.45) is 3.52. The van der Waals surface area contributed by atoms with E-state index in [4.69, 9.17) is 5.73 Å². The molecule has 0 saturated carbocycles. The summed E-state index contributed by atoms with van der Waals surface area (Å²) < 4.78 is 28.3. The Balaban J connectivity index is 0.000000454. The molecule has 3 rings (SSSR count). The molecule has 0 spiro atoms. The predicted octanol–water partition coefficient (Wildman–Crippen LogP) is 4.80. The number of nitrogens with two attached hydrogens (primary N) is 1. The first-order valence-electron chi connectivity index (χ1n) is 11.2. The van der Waals surface area contributed by atoms with Crippen molar-refractivity contribution >= 4 is 22.8 Å². The molecule has 33 heavy (non-hydrogen) atoms. The van der Waals surface area contributed by atoms with Crippen LogP contribution in [-0.4, -0.2) is 45.9 Å². The number of piperidine rings is 1. The summed E-state index contributed by atoms with van der Waals surface area (Å²) in [4.78, 5) is 24.1. The van der Waals surface area contributed by atoms with Gasteiger partial charge in [0.15, 0.2) is 11.4 Å². The Kier molecular flexibility index (Phi) is 12.7. The number of likely N-dealkylation sites (N-methyl/N-ethyl adjacent to an activating group) is 1. The minimum atomic E-state index is -2.59.